The van der Waals surface area contributed by atoms with Gasteiger partial charge in [-0.25, -0.2) is 4.79 Å². The van der Waals surface area contributed by atoms with Crippen molar-refractivity contribution in [3.8, 4) is 0 Å². The Hall–Kier alpha value is -0.730. The van der Waals surface area contributed by atoms with Crippen LogP contribution < -0.4 is 0 Å². The van der Waals surface area contributed by atoms with Crippen LogP contribution >= 0.6 is 0 Å². The van der Waals surface area contributed by atoms with Gasteiger partial charge < -0.3 is 9.64 Å². The molecule has 1 aliphatic heterocycles. The van der Waals surface area contributed by atoms with Crippen molar-refractivity contribution in [1.82, 2.24) is 4.90 Å². The van der Waals surface area contributed by atoms with Gasteiger partial charge in [-0.15, -0.1) is 0 Å². The topological polar surface area (TPSA) is 29.5 Å². The van der Waals surface area contributed by atoms with E-state index in [0.717, 1.165) is 31.8 Å². The van der Waals surface area contributed by atoms with E-state index in [1.165, 1.54) is 19.3 Å². The molecular formula is C14H27NO2. The molecule has 100 valence electrons. The van der Waals surface area contributed by atoms with Crippen molar-refractivity contribution in [2.45, 2.75) is 65.4 Å². The van der Waals surface area contributed by atoms with Crippen LogP contribution in [0.1, 0.15) is 59.8 Å². The molecule has 0 aromatic carbocycles. The zero-order chi connectivity index (χ0) is 12.9. The van der Waals surface area contributed by atoms with Crippen LogP contribution in [0.25, 0.3) is 0 Å². The Morgan fingerprint density at radius 3 is 2.35 bits per heavy atom. The van der Waals surface area contributed by atoms with Crippen molar-refractivity contribution in [2.24, 2.45) is 5.92 Å². The van der Waals surface area contributed by atoms with E-state index in [4.69, 9.17) is 4.74 Å². The highest BCUT2D eigenvalue weighted by Crippen LogP contribution is 2.23. The zero-order valence-electron chi connectivity index (χ0n) is 11.8. The fourth-order valence-electron chi connectivity index (χ4n) is 2.22. The molecule has 1 aliphatic rings. The molecule has 3 heteroatoms. The Balaban J connectivity index is 2.29. The molecule has 0 aromatic rings. The second-order valence-electron chi connectivity index (χ2n) is 6.05. The van der Waals surface area contributed by atoms with Crippen LogP contribution in [0.2, 0.25) is 0 Å². The lowest BCUT2D eigenvalue weighted by atomic mass is 9.92. The molecular weight excluding hydrogens is 214 g/mol. The third-order valence-electron chi connectivity index (χ3n) is 3.23. The summed E-state index contributed by atoms with van der Waals surface area (Å²) in [5.41, 5.74) is -0.379. The van der Waals surface area contributed by atoms with Gasteiger partial charge in [0.25, 0.3) is 0 Å². The number of rotatable bonds is 3. The highest BCUT2D eigenvalue weighted by molar-refractivity contribution is 5.68. The number of ether oxygens (including phenoxy) is 1. The number of amides is 1. The Morgan fingerprint density at radius 2 is 1.88 bits per heavy atom. The van der Waals surface area contributed by atoms with E-state index in [1.807, 2.05) is 25.7 Å². The number of nitrogens with zero attached hydrogens (tertiary/aromatic N) is 1. The summed E-state index contributed by atoms with van der Waals surface area (Å²) in [6.45, 7) is 9.71. The molecule has 0 saturated carbocycles. The molecule has 1 saturated heterocycles. The molecule has 1 fully saturated rings. The smallest absolute Gasteiger partial charge is 0.410 e. The monoisotopic (exact) mass is 241 g/mol. The van der Waals surface area contributed by atoms with Gasteiger partial charge in [-0.2, -0.15) is 0 Å². The van der Waals surface area contributed by atoms with Gasteiger partial charge in [0.05, 0.1) is 0 Å². The van der Waals surface area contributed by atoms with Crippen LogP contribution in [-0.2, 0) is 4.74 Å². The van der Waals surface area contributed by atoms with E-state index in [2.05, 4.69) is 6.92 Å². The number of unbranched alkanes of at least 4 members (excludes halogenated alkanes) is 1. The molecule has 0 N–H and O–H groups in total. The molecule has 1 rings (SSSR count). The van der Waals surface area contributed by atoms with E-state index in [9.17, 15) is 4.79 Å². The quantitative estimate of drug-likeness (QED) is 0.751. The van der Waals surface area contributed by atoms with Crippen LogP contribution in [0.4, 0.5) is 4.79 Å². The maximum Gasteiger partial charge on any atom is 0.410 e. The minimum absolute atomic E-state index is 0.147. The lowest BCUT2D eigenvalue weighted by Crippen LogP contribution is -2.41. The fourth-order valence-corrected chi connectivity index (χ4v) is 2.22. The first-order chi connectivity index (χ1) is 7.92. The van der Waals surface area contributed by atoms with E-state index in [1.54, 1.807) is 0 Å². The highest BCUT2D eigenvalue weighted by atomic mass is 16.6. The van der Waals surface area contributed by atoms with E-state index in [0.29, 0.717) is 0 Å². The largest absolute Gasteiger partial charge is 0.444 e. The number of likely N-dealkylation sites (tertiary alicyclic amines) is 1. The highest BCUT2D eigenvalue weighted by Gasteiger charge is 2.26. The molecule has 0 aliphatic carbocycles. The maximum absolute atomic E-state index is 11.8. The second-order valence-corrected chi connectivity index (χ2v) is 6.05. The second kappa shape index (κ2) is 6.27. The summed E-state index contributed by atoms with van der Waals surface area (Å²) in [5.74, 6) is 0.814. The van der Waals surface area contributed by atoms with Crippen LogP contribution in [0.5, 0.6) is 0 Å². The van der Waals surface area contributed by atoms with Crippen molar-refractivity contribution in [1.29, 1.82) is 0 Å². The molecule has 0 spiro atoms. The molecule has 0 bridgehead atoms. The standard InChI is InChI=1S/C14H27NO2/c1-5-6-7-12-8-10-15(11-9-12)13(16)17-14(2,3)4/h12H,5-11H2,1-4H3. The lowest BCUT2D eigenvalue weighted by molar-refractivity contribution is 0.0180. The van der Waals surface area contributed by atoms with Crippen molar-refractivity contribution in [3.05, 3.63) is 0 Å². The van der Waals surface area contributed by atoms with E-state index < -0.39 is 0 Å². The van der Waals surface area contributed by atoms with Crippen LogP contribution in [-0.4, -0.2) is 29.7 Å². The third-order valence-corrected chi connectivity index (χ3v) is 3.23. The normalized spacial score (nSPS) is 18.2. The minimum atomic E-state index is -0.379. The van der Waals surface area contributed by atoms with Crippen molar-refractivity contribution >= 4 is 6.09 Å². The van der Waals surface area contributed by atoms with Gasteiger partial charge in [-0.05, 0) is 39.5 Å². The summed E-state index contributed by atoms with van der Waals surface area (Å²) < 4.78 is 5.38. The first-order valence-corrected chi connectivity index (χ1v) is 6.90. The molecule has 3 nitrogen and oxygen atoms in total. The summed E-state index contributed by atoms with van der Waals surface area (Å²) in [6.07, 6.45) is 6.03. The summed E-state index contributed by atoms with van der Waals surface area (Å²) in [4.78, 5) is 13.7. The predicted molar refractivity (Wildman–Crippen MR) is 70.1 cm³/mol. The van der Waals surface area contributed by atoms with Gasteiger partial charge >= 0.3 is 6.09 Å². The molecule has 1 heterocycles. The van der Waals surface area contributed by atoms with Crippen LogP contribution in [0.3, 0.4) is 0 Å². The van der Waals surface area contributed by atoms with Crippen LogP contribution in [0.15, 0.2) is 0 Å². The average Bonchev–Trinajstić information content (AvgIpc) is 2.24. The number of hydrogen-bond acceptors (Lipinski definition) is 2. The van der Waals surface area contributed by atoms with Crippen LogP contribution in [0, 0.1) is 5.92 Å². The Kier molecular flexibility index (Phi) is 5.29. The minimum Gasteiger partial charge on any atom is -0.444 e. The summed E-state index contributed by atoms with van der Waals surface area (Å²) in [5, 5.41) is 0. The molecule has 0 unspecified atom stereocenters. The summed E-state index contributed by atoms with van der Waals surface area (Å²) in [7, 11) is 0. The average molecular weight is 241 g/mol. The van der Waals surface area contributed by atoms with Gasteiger partial charge in [0.15, 0.2) is 0 Å². The van der Waals surface area contributed by atoms with E-state index >= 15 is 0 Å². The number of hydrogen-bond donors (Lipinski definition) is 0. The number of carbonyl (C=O) groups is 1. The lowest BCUT2D eigenvalue weighted by Gasteiger charge is -2.33. The first-order valence-electron chi connectivity index (χ1n) is 6.90. The Bertz CT molecular complexity index is 237. The van der Waals surface area contributed by atoms with E-state index in [-0.39, 0.29) is 11.7 Å². The van der Waals surface area contributed by atoms with Gasteiger partial charge in [0, 0.05) is 13.1 Å². The van der Waals surface area contributed by atoms with Gasteiger partial charge in [-0.1, -0.05) is 26.2 Å². The van der Waals surface area contributed by atoms with Gasteiger partial charge in [0.2, 0.25) is 0 Å². The third kappa shape index (κ3) is 5.42. The molecule has 17 heavy (non-hydrogen) atoms. The Labute approximate surface area is 106 Å². The molecule has 0 atom stereocenters. The number of piperidine rings is 1. The first kappa shape index (κ1) is 14.3. The summed E-state index contributed by atoms with van der Waals surface area (Å²) in [6, 6.07) is 0. The van der Waals surface area contributed by atoms with Crippen molar-refractivity contribution in [2.75, 3.05) is 13.1 Å². The summed E-state index contributed by atoms with van der Waals surface area (Å²) >= 11 is 0. The molecule has 0 radical (unpaired) electrons. The SMILES string of the molecule is CCCCC1CCN(C(=O)OC(C)(C)C)CC1. The predicted octanol–water partition coefficient (Wildman–Crippen LogP) is 3.82. The van der Waals surface area contributed by atoms with Gasteiger partial charge in [-0.3, -0.25) is 0 Å². The Morgan fingerprint density at radius 1 is 1.29 bits per heavy atom. The fraction of sp³-hybridized carbons (Fsp3) is 0.929. The zero-order valence-corrected chi connectivity index (χ0v) is 11.8. The molecule has 0 aromatic heterocycles. The number of carbonyl (C=O) groups excluding carboxylic acids is 1. The van der Waals surface area contributed by atoms with Crippen molar-refractivity contribution < 1.29 is 9.53 Å². The van der Waals surface area contributed by atoms with Crippen molar-refractivity contribution in [3.63, 3.8) is 0 Å². The van der Waals surface area contributed by atoms with Gasteiger partial charge in [0.1, 0.15) is 5.60 Å². The maximum atomic E-state index is 11.8. The molecule has 1 amide bonds.